The number of rotatable bonds is 5. The van der Waals surface area contributed by atoms with Crippen LogP contribution in [-0.4, -0.2) is 41.9 Å². The predicted molar refractivity (Wildman–Crippen MR) is 111 cm³/mol. The number of alkyl halides is 2. The summed E-state index contributed by atoms with van der Waals surface area (Å²) >= 11 is 0. The Morgan fingerprint density at radius 1 is 1.03 bits per heavy atom. The number of nitrogens with one attached hydrogen (secondary N) is 1. The summed E-state index contributed by atoms with van der Waals surface area (Å²) in [5, 5.41) is 5.20. The second kappa shape index (κ2) is 8.66. The molecule has 2 heterocycles. The molecule has 1 aliphatic rings. The summed E-state index contributed by atoms with van der Waals surface area (Å²) in [6, 6.07) is 19.9. The van der Waals surface area contributed by atoms with Crippen molar-refractivity contribution in [3.05, 3.63) is 60.7 Å². The first-order chi connectivity index (χ1) is 14.1. The summed E-state index contributed by atoms with van der Waals surface area (Å²) in [4.78, 5) is 18.9. The summed E-state index contributed by atoms with van der Waals surface area (Å²) in [6.07, 6.45) is -1.16. The first-order valence-corrected chi connectivity index (χ1v) is 9.86. The van der Waals surface area contributed by atoms with Crippen molar-refractivity contribution in [3.63, 3.8) is 0 Å². The van der Waals surface area contributed by atoms with E-state index in [4.69, 9.17) is 0 Å². The number of likely N-dealkylation sites (tertiary alicyclic amines) is 1. The van der Waals surface area contributed by atoms with Gasteiger partial charge in [0, 0.05) is 11.5 Å². The van der Waals surface area contributed by atoms with E-state index in [1.165, 1.54) is 5.39 Å². The number of fused-ring (bicyclic) bond motifs is 1. The van der Waals surface area contributed by atoms with Gasteiger partial charge in [-0.05, 0) is 54.9 Å². The summed E-state index contributed by atoms with van der Waals surface area (Å²) in [5.74, 6) is 0.246. The number of halogens is 2. The Balaban J connectivity index is 1.43. The highest BCUT2D eigenvalue weighted by molar-refractivity contribution is 5.92. The van der Waals surface area contributed by atoms with Crippen molar-refractivity contribution in [2.24, 2.45) is 5.92 Å². The molecule has 0 spiro atoms. The van der Waals surface area contributed by atoms with Crippen LogP contribution in [0.25, 0.3) is 22.0 Å². The van der Waals surface area contributed by atoms with E-state index >= 15 is 0 Å². The Bertz CT molecular complexity index is 1000. The van der Waals surface area contributed by atoms with Gasteiger partial charge in [-0.25, -0.2) is 13.8 Å². The molecule has 1 fully saturated rings. The predicted octanol–water partition coefficient (Wildman–Crippen LogP) is 4.82. The Morgan fingerprint density at radius 3 is 2.55 bits per heavy atom. The SMILES string of the molecule is O=C(Nc1cccc(-c2ccc3ccccc3c2)n1)C1CCN(CC(F)F)CC1. The van der Waals surface area contributed by atoms with Crippen molar-refractivity contribution in [3.8, 4) is 11.3 Å². The molecule has 4 nitrogen and oxygen atoms in total. The molecular formula is C23H23F2N3O. The van der Waals surface area contributed by atoms with Crippen molar-refractivity contribution in [2.75, 3.05) is 25.0 Å². The van der Waals surface area contributed by atoms with E-state index in [0.717, 1.165) is 16.6 Å². The lowest BCUT2D eigenvalue weighted by Crippen LogP contribution is -2.40. The molecule has 0 aliphatic carbocycles. The number of carbonyl (C=O) groups is 1. The van der Waals surface area contributed by atoms with Crippen LogP contribution in [0, 0.1) is 5.92 Å². The van der Waals surface area contributed by atoms with E-state index in [2.05, 4.69) is 34.6 Å². The van der Waals surface area contributed by atoms with E-state index < -0.39 is 6.43 Å². The molecule has 1 aliphatic heterocycles. The molecule has 6 heteroatoms. The number of carbonyl (C=O) groups excluding carboxylic acids is 1. The third-order valence-electron chi connectivity index (χ3n) is 5.40. The summed E-state index contributed by atoms with van der Waals surface area (Å²) in [5.41, 5.74) is 1.78. The van der Waals surface area contributed by atoms with Gasteiger partial charge in [0.15, 0.2) is 0 Å². The van der Waals surface area contributed by atoms with E-state index in [1.807, 2.05) is 30.3 Å². The summed E-state index contributed by atoms with van der Waals surface area (Å²) < 4.78 is 25.0. The molecule has 0 saturated carbocycles. The zero-order valence-electron chi connectivity index (χ0n) is 16.0. The second-order valence-corrected chi connectivity index (χ2v) is 7.43. The maximum Gasteiger partial charge on any atom is 0.251 e. The average Bonchev–Trinajstić information content (AvgIpc) is 2.73. The quantitative estimate of drug-likeness (QED) is 0.674. The van der Waals surface area contributed by atoms with Crippen LogP contribution in [0.3, 0.4) is 0 Å². The fourth-order valence-corrected chi connectivity index (χ4v) is 3.81. The smallest absolute Gasteiger partial charge is 0.251 e. The highest BCUT2D eigenvalue weighted by atomic mass is 19.3. The molecule has 0 bridgehead atoms. The second-order valence-electron chi connectivity index (χ2n) is 7.43. The van der Waals surface area contributed by atoms with E-state index in [-0.39, 0.29) is 18.4 Å². The Morgan fingerprint density at radius 2 is 1.79 bits per heavy atom. The largest absolute Gasteiger partial charge is 0.310 e. The number of hydrogen-bond donors (Lipinski definition) is 1. The molecule has 4 rings (SSSR count). The lowest BCUT2D eigenvalue weighted by atomic mass is 9.96. The minimum Gasteiger partial charge on any atom is -0.310 e. The molecule has 29 heavy (non-hydrogen) atoms. The molecule has 1 aromatic heterocycles. The Kier molecular flexibility index (Phi) is 5.81. The van der Waals surface area contributed by atoms with Gasteiger partial charge in [-0.2, -0.15) is 0 Å². The normalized spacial score (nSPS) is 15.7. The van der Waals surface area contributed by atoms with Gasteiger partial charge in [-0.3, -0.25) is 9.69 Å². The average molecular weight is 395 g/mol. The van der Waals surface area contributed by atoms with Gasteiger partial charge in [-0.15, -0.1) is 0 Å². The minimum atomic E-state index is -2.33. The third kappa shape index (κ3) is 4.77. The molecule has 0 radical (unpaired) electrons. The summed E-state index contributed by atoms with van der Waals surface area (Å²) in [7, 11) is 0. The molecular weight excluding hydrogens is 372 g/mol. The van der Waals surface area contributed by atoms with Crippen LogP contribution < -0.4 is 5.32 Å². The number of aromatic nitrogens is 1. The van der Waals surface area contributed by atoms with Gasteiger partial charge in [-0.1, -0.05) is 42.5 Å². The number of hydrogen-bond acceptors (Lipinski definition) is 3. The van der Waals surface area contributed by atoms with Gasteiger partial charge in [0.05, 0.1) is 12.2 Å². The first kappa shape index (κ1) is 19.5. The molecule has 150 valence electrons. The number of anilines is 1. The maximum atomic E-state index is 12.6. The minimum absolute atomic E-state index is 0.0927. The van der Waals surface area contributed by atoms with Crippen LogP contribution in [0.4, 0.5) is 14.6 Å². The number of amides is 1. The Hall–Kier alpha value is -2.86. The zero-order chi connectivity index (χ0) is 20.2. The van der Waals surface area contributed by atoms with Gasteiger partial charge in [0.2, 0.25) is 5.91 Å². The van der Waals surface area contributed by atoms with Gasteiger partial charge < -0.3 is 5.32 Å². The third-order valence-corrected chi connectivity index (χ3v) is 5.40. The van der Waals surface area contributed by atoms with Crippen LogP contribution in [-0.2, 0) is 4.79 Å². The number of benzene rings is 2. The first-order valence-electron chi connectivity index (χ1n) is 9.86. The van der Waals surface area contributed by atoms with E-state index in [0.29, 0.717) is 31.7 Å². The topological polar surface area (TPSA) is 45.2 Å². The molecule has 2 aromatic carbocycles. The molecule has 3 aromatic rings. The van der Waals surface area contributed by atoms with Crippen molar-refractivity contribution >= 4 is 22.5 Å². The van der Waals surface area contributed by atoms with Crippen molar-refractivity contribution in [2.45, 2.75) is 19.3 Å². The summed E-state index contributed by atoms with van der Waals surface area (Å²) in [6.45, 7) is 0.823. The van der Waals surface area contributed by atoms with Crippen LogP contribution in [0.15, 0.2) is 60.7 Å². The molecule has 0 atom stereocenters. The lowest BCUT2D eigenvalue weighted by Gasteiger charge is -2.30. The molecule has 1 saturated heterocycles. The van der Waals surface area contributed by atoms with Crippen molar-refractivity contribution in [1.82, 2.24) is 9.88 Å². The van der Waals surface area contributed by atoms with Crippen LogP contribution in [0.2, 0.25) is 0 Å². The highest BCUT2D eigenvalue weighted by Crippen LogP contribution is 2.25. The van der Waals surface area contributed by atoms with Gasteiger partial charge in [0.1, 0.15) is 5.82 Å². The van der Waals surface area contributed by atoms with Crippen molar-refractivity contribution in [1.29, 1.82) is 0 Å². The lowest BCUT2D eigenvalue weighted by molar-refractivity contribution is -0.121. The zero-order valence-corrected chi connectivity index (χ0v) is 16.0. The van der Waals surface area contributed by atoms with Gasteiger partial charge >= 0.3 is 0 Å². The fraction of sp³-hybridized carbons (Fsp3) is 0.304. The Labute approximate surface area is 168 Å². The molecule has 1 N–H and O–H groups in total. The van der Waals surface area contributed by atoms with E-state index in [1.54, 1.807) is 11.0 Å². The maximum absolute atomic E-state index is 12.6. The number of piperidine rings is 1. The number of pyridine rings is 1. The molecule has 1 amide bonds. The standard InChI is InChI=1S/C23H23F2N3O/c24-21(25)15-28-12-10-17(11-13-28)23(29)27-22-7-3-6-20(26-22)19-9-8-16-4-1-2-5-18(16)14-19/h1-9,14,17,21H,10-13,15H2,(H,26,27,29). The highest BCUT2D eigenvalue weighted by Gasteiger charge is 2.26. The van der Waals surface area contributed by atoms with Crippen molar-refractivity contribution < 1.29 is 13.6 Å². The molecule has 0 unspecified atom stereocenters. The van der Waals surface area contributed by atoms with Crippen LogP contribution in [0.5, 0.6) is 0 Å². The van der Waals surface area contributed by atoms with E-state index in [9.17, 15) is 13.6 Å². The van der Waals surface area contributed by atoms with Crippen LogP contribution in [0.1, 0.15) is 12.8 Å². The van der Waals surface area contributed by atoms with Crippen LogP contribution >= 0.6 is 0 Å². The monoisotopic (exact) mass is 395 g/mol. The van der Waals surface area contributed by atoms with Gasteiger partial charge in [0.25, 0.3) is 6.43 Å². The fourth-order valence-electron chi connectivity index (χ4n) is 3.81. The number of nitrogens with zero attached hydrogens (tertiary/aromatic N) is 2.